The van der Waals surface area contributed by atoms with Gasteiger partial charge in [0.05, 0.1) is 12.0 Å². The minimum atomic E-state index is -0.144. The van der Waals surface area contributed by atoms with Crippen LogP contribution in [0.1, 0.15) is 16.7 Å². The zero-order valence-electron chi connectivity index (χ0n) is 9.18. The summed E-state index contributed by atoms with van der Waals surface area (Å²) in [6.45, 7) is 0. The number of hydrazine groups is 1. The predicted octanol–water partition coefficient (Wildman–Crippen LogP) is 1.04. The van der Waals surface area contributed by atoms with Gasteiger partial charge in [-0.3, -0.25) is 5.84 Å². The first-order chi connectivity index (χ1) is 7.77. The van der Waals surface area contributed by atoms with Gasteiger partial charge in [-0.2, -0.15) is 0 Å². The first kappa shape index (κ1) is 11.1. The van der Waals surface area contributed by atoms with Crippen LogP contribution in [0.3, 0.4) is 0 Å². The van der Waals surface area contributed by atoms with Crippen LogP contribution in [0.15, 0.2) is 23.8 Å². The van der Waals surface area contributed by atoms with Crippen LogP contribution < -0.4 is 16.0 Å². The maximum atomic E-state index is 5.60. The summed E-state index contributed by atoms with van der Waals surface area (Å²) in [5.41, 5.74) is 2.77. The van der Waals surface area contributed by atoms with E-state index < -0.39 is 0 Å². The van der Waals surface area contributed by atoms with Crippen molar-refractivity contribution in [2.75, 3.05) is 7.11 Å². The molecule has 5 nitrogen and oxygen atoms in total. The standard InChI is InChI=1S/C10H14N4OS/c1-14-5-4-12-10(14)8(13-11)9-7(15-2)3-6-16-9/h3-6,8,13H,11H2,1-2H3. The molecule has 0 aliphatic rings. The molecule has 0 aromatic carbocycles. The highest BCUT2D eigenvalue weighted by Crippen LogP contribution is 2.33. The van der Waals surface area contributed by atoms with Crippen molar-refractivity contribution in [1.29, 1.82) is 0 Å². The Bertz CT molecular complexity index is 465. The Morgan fingerprint density at radius 1 is 1.62 bits per heavy atom. The molecule has 1 unspecified atom stereocenters. The highest BCUT2D eigenvalue weighted by molar-refractivity contribution is 7.10. The summed E-state index contributed by atoms with van der Waals surface area (Å²) in [6, 6.07) is 1.78. The van der Waals surface area contributed by atoms with Crippen molar-refractivity contribution in [2.45, 2.75) is 6.04 Å². The van der Waals surface area contributed by atoms with Crippen LogP contribution in [-0.4, -0.2) is 16.7 Å². The van der Waals surface area contributed by atoms with E-state index in [2.05, 4.69) is 10.4 Å². The number of thiophene rings is 1. The summed E-state index contributed by atoms with van der Waals surface area (Å²) < 4.78 is 7.22. The molecule has 0 fully saturated rings. The number of aromatic nitrogens is 2. The largest absolute Gasteiger partial charge is 0.496 e. The second kappa shape index (κ2) is 4.65. The summed E-state index contributed by atoms with van der Waals surface area (Å²) in [7, 11) is 3.59. The van der Waals surface area contributed by atoms with Crippen LogP contribution in [0.25, 0.3) is 0 Å². The topological polar surface area (TPSA) is 65.1 Å². The van der Waals surface area contributed by atoms with Gasteiger partial charge in [-0.1, -0.05) is 0 Å². The average Bonchev–Trinajstić information content (AvgIpc) is 2.90. The first-order valence-electron chi connectivity index (χ1n) is 4.82. The zero-order chi connectivity index (χ0) is 11.5. The van der Waals surface area contributed by atoms with E-state index in [1.165, 1.54) is 0 Å². The summed E-state index contributed by atoms with van der Waals surface area (Å²) in [4.78, 5) is 5.32. The summed E-state index contributed by atoms with van der Waals surface area (Å²) in [5, 5.41) is 1.97. The highest BCUT2D eigenvalue weighted by atomic mass is 32.1. The third kappa shape index (κ3) is 1.82. The lowest BCUT2D eigenvalue weighted by atomic mass is 10.2. The van der Waals surface area contributed by atoms with Gasteiger partial charge in [0, 0.05) is 19.4 Å². The molecular formula is C10H14N4OS. The average molecular weight is 238 g/mol. The molecule has 0 saturated carbocycles. The lowest BCUT2D eigenvalue weighted by molar-refractivity contribution is 0.406. The number of hydrogen-bond acceptors (Lipinski definition) is 5. The molecule has 2 rings (SSSR count). The van der Waals surface area contributed by atoms with Gasteiger partial charge in [0.2, 0.25) is 0 Å². The smallest absolute Gasteiger partial charge is 0.134 e. The number of nitrogens with two attached hydrogens (primary N) is 1. The van der Waals surface area contributed by atoms with Crippen molar-refractivity contribution in [2.24, 2.45) is 12.9 Å². The van der Waals surface area contributed by atoms with Crippen LogP contribution in [0.5, 0.6) is 5.75 Å². The monoisotopic (exact) mass is 238 g/mol. The second-order valence-electron chi connectivity index (χ2n) is 3.35. The van der Waals surface area contributed by atoms with Gasteiger partial charge in [-0.25, -0.2) is 10.4 Å². The normalized spacial score (nSPS) is 12.7. The number of imidazole rings is 1. The Morgan fingerprint density at radius 2 is 2.44 bits per heavy atom. The molecule has 0 amide bonds. The van der Waals surface area contributed by atoms with E-state index in [1.807, 2.05) is 29.3 Å². The van der Waals surface area contributed by atoms with Crippen molar-refractivity contribution < 1.29 is 4.74 Å². The Kier molecular flexibility index (Phi) is 3.23. The number of nitrogens with zero attached hydrogens (tertiary/aromatic N) is 2. The third-order valence-electron chi connectivity index (χ3n) is 2.42. The van der Waals surface area contributed by atoms with Gasteiger partial charge >= 0.3 is 0 Å². The summed E-state index contributed by atoms with van der Waals surface area (Å²) in [6.07, 6.45) is 3.64. The zero-order valence-corrected chi connectivity index (χ0v) is 9.99. The molecule has 0 aliphatic heterocycles. The lowest BCUT2D eigenvalue weighted by Crippen LogP contribution is -2.30. The number of hydrogen-bond donors (Lipinski definition) is 2. The molecule has 86 valence electrons. The van der Waals surface area contributed by atoms with Crippen LogP contribution in [0, 0.1) is 0 Å². The maximum Gasteiger partial charge on any atom is 0.134 e. The first-order valence-corrected chi connectivity index (χ1v) is 5.70. The van der Waals surface area contributed by atoms with Crippen LogP contribution in [0.4, 0.5) is 0 Å². The Morgan fingerprint density at radius 3 is 3.00 bits per heavy atom. The Hall–Kier alpha value is -1.37. The van der Waals surface area contributed by atoms with Gasteiger partial charge in [-0.05, 0) is 11.4 Å². The number of rotatable bonds is 4. The van der Waals surface area contributed by atoms with Gasteiger partial charge in [0.15, 0.2) is 0 Å². The van der Waals surface area contributed by atoms with Crippen molar-refractivity contribution in [1.82, 2.24) is 15.0 Å². The maximum absolute atomic E-state index is 5.60. The van der Waals surface area contributed by atoms with Gasteiger partial charge in [0.1, 0.15) is 17.6 Å². The molecule has 6 heteroatoms. The van der Waals surface area contributed by atoms with Crippen LogP contribution in [-0.2, 0) is 7.05 Å². The van der Waals surface area contributed by atoms with E-state index >= 15 is 0 Å². The number of methoxy groups -OCH3 is 1. The second-order valence-corrected chi connectivity index (χ2v) is 4.30. The Labute approximate surface area is 97.8 Å². The van der Waals surface area contributed by atoms with E-state index in [0.717, 1.165) is 16.5 Å². The van der Waals surface area contributed by atoms with Crippen molar-refractivity contribution in [3.8, 4) is 5.75 Å². The fourth-order valence-electron chi connectivity index (χ4n) is 1.61. The number of nitrogens with one attached hydrogen (secondary N) is 1. The molecule has 16 heavy (non-hydrogen) atoms. The van der Waals surface area contributed by atoms with E-state index in [-0.39, 0.29) is 6.04 Å². The molecule has 0 radical (unpaired) electrons. The molecule has 0 aliphatic carbocycles. The number of aryl methyl sites for hydroxylation is 1. The molecule has 2 aromatic rings. The summed E-state index contributed by atoms with van der Waals surface area (Å²) >= 11 is 1.59. The van der Waals surface area contributed by atoms with Gasteiger partial charge in [-0.15, -0.1) is 11.3 Å². The van der Waals surface area contributed by atoms with Gasteiger partial charge < -0.3 is 9.30 Å². The van der Waals surface area contributed by atoms with Crippen LogP contribution in [0.2, 0.25) is 0 Å². The van der Waals surface area contributed by atoms with E-state index in [9.17, 15) is 0 Å². The highest BCUT2D eigenvalue weighted by Gasteiger charge is 2.21. The molecule has 0 saturated heterocycles. The molecule has 1 atom stereocenters. The molecule has 2 heterocycles. The minimum absolute atomic E-state index is 0.144. The van der Waals surface area contributed by atoms with Crippen molar-refractivity contribution in [3.05, 3.63) is 34.5 Å². The minimum Gasteiger partial charge on any atom is -0.496 e. The van der Waals surface area contributed by atoms with Gasteiger partial charge in [0.25, 0.3) is 0 Å². The third-order valence-corrected chi connectivity index (χ3v) is 3.39. The fraction of sp³-hybridized carbons (Fsp3) is 0.300. The van der Waals surface area contributed by atoms with E-state index in [0.29, 0.717) is 0 Å². The quantitative estimate of drug-likeness (QED) is 0.617. The summed E-state index contributed by atoms with van der Waals surface area (Å²) in [5.74, 6) is 7.29. The fourth-order valence-corrected chi connectivity index (χ4v) is 2.53. The SMILES string of the molecule is COc1ccsc1C(NN)c1nccn1C. The molecule has 0 bridgehead atoms. The molecule has 2 aromatic heterocycles. The molecule has 3 N–H and O–H groups in total. The number of ether oxygens (including phenoxy) is 1. The van der Waals surface area contributed by atoms with E-state index in [1.54, 1.807) is 24.6 Å². The Balaban J connectivity index is 2.40. The lowest BCUT2D eigenvalue weighted by Gasteiger charge is -2.15. The predicted molar refractivity (Wildman–Crippen MR) is 63.2 cm³/mol. The van der Waals surface area contributed by atoms with E-state index in [4.69, 9.17) is 10.6 Å². The van der Waals surface area contributed by atoms with Crippen LogP contribution >= 0.6 is 11.3 Å². The van der Waals surface area contributed by atoms with Crippen molar-refractivity contribution in [3.63, 3.8) is 0 Å². The molecular weight excluding hydrogens is 224 g/mol. The molecule has 0 spiro atoms. The van der Waals surface area contributed by atoms with Crippen molar-refractivity contribution >= 4 is 11.3 Å².